The molecule has 0 radical (unpaired) electrons. The number of amides is 2. The average molecular weight is 308 g/mol. The van der Waals surface area contributed by atoms with E-state index in [0.29, 0.717) is 25.2 Å². The van der Waals surface area contributed by atoms with E-state index in [-0.39, 0.29) is 23.4 Å². The Bertz CT molecular complexity index is 673. The second-order valence-electron chi connectivity index (χ2n) is 4.72. The molecule has 1 fully saturated rings. The van der Waals surface area contributed by atoms with E-state index < -0.39 is 17.5 Å². The molecule has 1 saturated heterocycles. The zero-order chi connectivity index (χ0) is 16.3. The summed E-state index contributed by atoms with van der Waals surface area (Å²) in [7, 11) is 0. The second-order valence-corrected chi connectivity index (χ2v) is 4.72. The fraction of sp³-hybridized carbons (Fsp3) is 0.214. The van der Waals surface area contributed by atoms with Gasteiger partial charge in [-0.15, -0.1) is 0 Å². The van der Waals surface area contributed by atoms with Gasteiger partial charge >= 0.3 is 0 Å². The highest BCUT2D eigenvalue weighted by Crippen LogP contribution is 2.16. The van der Waals surface area contributed by atoms with Gasteiger partial charge in [0, 0.05) is 24.4 Å². The van der Waals surface area contributed by atoms with Gasteiger partial charge in [-0.05, 0) is 18.2 Å². The number of hydrogen-bond acceptors (Lipinski definition) is 4. The number of hydrogen-bond donors (Lipinski definition) is 3. The Labute approximate surface area is 125 Å². The third-order valence-electron chi connectivity index (χ3n) is 3.25. The average Bonchev–Trinajstić information content (AvgIpc) is 2.50. The van der Waals surface area contributed by atoms with Crippen LogP contribution < -0.4 is 11.1 Å². The van der Waals surface area contributed by atoms with Crippen LogP contribution in [0.25, 0.3) is 0 Å². The minimum Gasteiger partial charge on any atom is -0.384 e. The summed E-state index contributed by atoms with van der Waals surface area (Å²) in [5, 5.41) is 11.0. The summed E-state index contributed by atoms with van der Waals surface area (Å²) in [4.78, 5) is 23.9. The number of carbonyl (C=O) groups is 2. The minimum absolute atomic E-state index is 0.0187. The van der Waals surface area contributed by atoms with Crippen LogP contribution in [-0.4, -0.2) is 42.6 Å². The fourth-order valence-electron chi connectivity index (χ4n) is 2.16. The molecule has 0 bridgehead atoms. The smallest absolute Gasteiger partial charge is 0.252 e. The minimum atomic E-state index is -1.12. The lowest BCUT2D eigenvalue weighted by Gasteiger charge is -2.28. The molecular weight excluding hydrogens is 294 g/mol. The Hall–Kier alpha value is -2.77. The van der Waals surface area contributed by atoms with Crippen LogP contribution in [0.5, 0.6) is 0 Å². The maximum atomic E-state index is 13.3. The van der Waals surface area contributed by atoms with E-state index in [1.165, 1.54) is 11.0 Å². The van der Waals surface area contributed by atoms with Crippen LogP contribution >= 0.6 is 0 Å². The molecule has 1 heterocycles. The number of carbonyl (C=O) groups excluding carboxylic acids is 2. The molecule has 22 heavy (non-hydrogen) atoms. The predicted octanol–water partition coefficient (Wildman–Crippen LogP) is 0.134. The molecule has 2 rings (SSSR count). The molecule has 1 aromatic carbocycles. The van der Waals surface area contributed by atoms with Crippen molar-refractivity contribution in [3.05, 3.63) is 46.7 Å². The van der Waals surface area contributed by atoms with Gasteiger partial charge < -0.3 is 16.0 Å². The van der Waals surface area contributed by atoms with Crippen molar-refractivity contribution in [3.63, 3.8) is 0 Å². The molecule has 0 spiro atoms. The Kier molecular flexibility index (Phi) is 4.50. The molecule has 1 aromatic rings. The summed E-state index contributed by atoms with van der Waals surface area (Å²) >= 11 is 0. The van der Waals surface area contributed by atoms with Crippen molar-refractivity contribution in [2.75, 3.05) is 19.6 Å². The molecule has 6 nitrogen and oxygen atoms in total. The summed E-state index contributed by atoms with van der Waals surface area (Å²) in [6, 6.07) is 2.88. The quantitative estimate of drug-likeness (QED) is 0.419. The third-order valence-corrected chi connectivity index (χ3v) is 3.25. The van der Waals surface area contributed by atoms with Crippen LogP contribution in [0.2, 0.25) is 0 Å². The zero-order valence-corrected chi connectivity index (χ0v) is 11.5. The van der Waals surface area contributed by atoms with Crippen molar-refractivity contribution in [1.82, 2.24) is 10.2 Å². The zero-order valence-electron chi connectivity index (χ0n) is 11.5. The molecular formula is C14H14F2N4O2. The number of benzene rings is 1. The monoisotopic (exact) mass is 308 g/mol. The molecule has 2 amide bonds. The Balaban J connectivity index is 2.42. The number of nitrogens with one attached hydrogen (secondary N) is 2. The predicted molar refractivity (Wildman–Crippen MR) is 75.0 cm³/mol. The van der Waals surface area contributed by atoms with E-state index in [1.807, 2.05) is 0 Å². The largest absolute Gasteiger partial charge is 0.384 e. The SMILES string of the molecule is N=C(/C(C(N)=O)=C1/CN(C=O)CCN1)c1ccc(F)c(F)c1. The number of piperazine rings is 1. The molecule has 116 valence electrons. The molecule has 1 aliphatic heterocycles. The normalized spacial score (nSPS) is 16.7. The number of nitrogens with zero attached hydrogens (tertiary/aromatic N) is 1. The summed E-state index contributed by atoms with van der Waals surface area (Å²) in [5.74, 6) is -3.06. The Morgan fingerprint density at radius 1 is 1.36 bits per heavy atom. The first-order valence-corrected chi connectivity index (χ1v) is 6.44. The van der Waals surface area contributed by atoms with E-state index >= 15 is 0 Å². The first-order valence-electron chi connectivity index (χ1n) is 6.44. The van der Waals surface area contributed by atoms with Crippen molar-refractivity contribution in [2.45, 2.75) is 0 Å². The van der Waals surface area contributed by atoms with Gasteiger partial charge in [0.1, 0.15) is 0 Å². The van der Waals surface area contributed by atoms with Crippen LogP contribution in [-0.2, 0) is 9.59 Å². The Morgan fingerprint density at radius 2 is 2.09 bits per heavy atom. The standard InChI is InChI=1S/C14H14F2N4O2/c15-9-2-1-8(5-10(9)16)13(17)12(14(18)22)11-6-20(7-21)4-3-19-11/h1-2,5,7,17,19H,3-4,6H2,(H2,18,22)/b12-11+,17-13?. The van der Waals surface area contributed by atoms with Crippen molar-refractivity contribution < 1.29 is 18.4 Å². The van der Waals surface area contributed by atoms with Gasteiger partial charge in [0.25, 0.3) is 5.91 Å². The maximum absolute atomic E-state index is 13.3. The molecule has 0 saturated carbocycles. The number of nitrogens with two attached hydrogens (primary N) is 1. The fourth-order valence-corrected chi connectivity index (χ4v) is 2.16. The highest BCUT2D eigenvalue weighted by atomic mass is 19.2. The van der Waals surface area contributed by atoms with Gasteiger partial charge in [0.05, 0.1) is 17.8 Å². The van der Waals surface area contributed by atoms with Crippen molar-refractivity contribution in [3.8, 4) is 0 Å². The van der Waals surface area contributed by atoms with E-state index in [0.717, 1.165) is 12.1 Å². The summed E-state index contributed by atoms with van der Waals surface area (Å²) < 4.78 is 26.3. The van der Waals surface area contributed by atoms with Crippen molar-refractivity contribution in [2.24, 2.45) is 5.73 Å². The van der Waals surface area contributed by atoms with E-state index in [4.69, 9.17) is 11.1 Å². The van der Waals surface area contributed by atoms with Gasteiger partial charge in [-0.2, -0.15) is 0 Å². The lowest BCUT2D eigenvalue weighted by Crippen LogP contribution is -2.43. The summed E-state index contributed by atoms with van der Waals surface area (Å²) in [5.41, 5.74) is 5.15. The second kappa shape index (κ2) is 6.33. The molecule has 8 heteroatoms. The van der Waals surface area contributed by atoms with Gasteiger partial charge in [0.2, 0.25) is 6.41 Å². The number of primary amides is 1. The molecule has 1 aliphatic rings. The summed E-state index contributed by atoms with van der Waals surface area (Å²) in [6.45, 7) is 0.946. The van der Waals surface area contributed by atoms with Gasteiger partial charge in [-0.3, -0.25) is 15.0 Å². The number of rotatable bonds is 4. The lowest BCUT2D eigenvalue weighted by molar-refractivity contribution is -0.118. The lowest BCUT2D eigenvalue weighted by atomic mass is 9.99. The molecule has 0 aliphatic carbocycles. The first kappa shape index (κ1) is 15.6. The summed E-state index contributed by atoms with van der Waals surface area (Å²) in [6.07, 6.45) is 0.626. The molecule has 0 unspecified atom stereocenters. The van der Waals surface area contributed by atoms with Crippen molar-refractivity contribution in [1.29, 1.82) is 5.41 Å². The molecule has 0 aromatic heterocycles. The van der Waals surface area contributed by atoms with E-state index in [2.05, 4.69) is 5.32 Å². The van der Waals surface area contributed by atoms with Crippen LogP contribution in [0.3, 0.4) is 0 Å². The Morgan fingerprint density at radius 3 is 2.68 bits per heavy atom. The van der Waals surface area contributed by atoms with Gasteiger partial charge in [-0.1, -0.05) is 0 Å². The third kappa shape index (κ3) is 3.11. The van der Waals surface area contributed by atoms with Crippen LogP contribution in [0.4, 0.5) is 8.78 Å². The maximum Gasteiger partial charge on any atom is 0.252 e. The molecule has 4 N–H and O–H groups in total. The highest BCUT2D eigenvalue weighted by Gasteiger charge is 2.23. The molecule has 0 atom stereocenters. The first-order chi connectivity index (χ1) is 10.4. The van der Waals surface area contributed by atoms with Crippen LogP contribution in [0, 0.1) is 17.0 Å². The van der Waals surface area contributed by atoms with Gasteiger partial charge in [-0.25, -0.2) is 8.78 Å². The number of halogens is 2. The van der Waals surface area contributed by atoms with E-state index in [9.17, 15) is 18.4 Å². The van der Waals surface area contributed by atoms with Gasteiger partial charge in [0.15, 0.2) is 11.6 Å². The van der Waals surface area contributed by atoms with E-state index in [1.54, 1.807) is 0 Å². The van der Waals surface area contributed by atoms with Crippen LogP contribution in [0.15, 0.2) is 29.5 Å². The highest BCUT2D eigenvalue weighted by molar-refractivity contribution is 6.27. The van der Waals surface area contributed by atoms with Crippen LogP contribution in [0.1, 0.15) is 5.56 Å². The topological polar surface area (TPSA) is 99.3 Å². The van der Waals surface area contributed by atoms with Crippen molar-refractivity contribution >= 4 is 18.0 Å².